The van der Waals surface area contributed by atoms with Crippen molar-refractivity contribution in [2.24, 2.45) is 0 Å². The molecule has 2 aliphatic rings. The molecule has 0 aromatic carbocycles. The summed E-state index contributed by atoms with van der Waals surface area (Å²) in [6.07, 6.45) is 7.93. The van der Waals surface area contributed by atoms with Gasteiger partial charge in [-0.2, -0.15) is 0 Å². The number of carbonyl (C=O) groups excluding carboxylic acids is 1. The summed E-state index contributed by atoms with van der Waals surface area (Å²) in [5, 5.41) is 3.59. The molecule has 1 N–H and O–H groups in total. The van der Waals surface area contributed by atoms with Crippen molar-refractivity contribution in [3.63, 3.8) is 0 Å². The molecule has 3 rings (SSSR count). The van der Waals surface area contributed by atoms with E-state index in [-0.39, 0.29) is 5.97 Å². The first-order chi connectivity index (χ1) is 10.3. The number of methoxy groups -OCH3 is 1. The summed E-state index contributed by atoms with van der Waals surface area (Å²) in [4.78, 5) is 18.5. The maximum absolute atomic E-state index is 11.7. The minimum absolute atomic E-state index is 0.301. The Morgan fingerprint density at radius 3 is 2.95 bits per heavy atom. The minimum atomic E-state index is -0.301. The average Bonchev–Trinajstić information content (AvgIpc) is 3.38. The van der Waals surface area contributed by atoms with Gasteiger partial charge in [-0.15, -0.1) is 0 Å². The van der Waals surface area contributed by atoms with Crippen molar-refractivity contribution in [1.82, 2.24) is 10.3 Å². The Labute approximate surface area is 125 Å². The highest BCUT2D eigenvalue weighted by Crippen LogP contribution is 2.31. The Hall–Kier alpha value is -1.62. The first kappa shape index (κ1) is 14.3. The van der Waals surface area contributed by atoms with E-state index in [1.165, 1.54) is 39.2 Å². The van der Waals surface area contributed by atoms with Crippen LogP contribution in [0.15, 0.2) is 18.3 Å². The van der Waals surface area contributed by atoms with Crippen LogP contribution in [0.2, 0.25) is 0 Å². The van der Waals surface area contributed by atoms with Crippen LogP contribution in [0.3, 0.4) is 0 Å². The van der Waals surface area contributed by atoms with E-state index in [0.717, 1.165) is 18.9 Å². The van der Waals surface area contributed by atoms with Crippen LogP contribution in [0.5, 0.6) is 0 Å². The van der Waals surface area contributed by atoms with Crippen molar-refractivity contribution in [3.8, 4) is 0 Å². The van der Waals surface area contributed by atoms with Crippen molar-refractivity contribution in [2.45, 2.75) is 44.2 Å². The van der Waals surface area contributed by atoms with Crippen molar-refractivity contribution in [1.29, 1.82) is 0 Å². The van der Waals surface area contributed by atoms with Gasteiger partial charge < -0.3 is 15.0 Å². The molecule has 1 aromatic rings. The van der Waals surface area contributed by atoms with Crippen LogP contribution in [0, 0.1) is 0 Å². The Balaban J connectivity index is 1.75. The van der Waals surface area contributed by atoms with Gasteiger partial charge in [0.1, 0.15) is 5.82 Å². The molecule has 5 nitrogen and oxygen atoms in total. The fourth-order valence-electron chi connectivity index (χ4n) is 2.95. The molecule has 0 spiro atoms. The molecule has 1 saturated carbocycles. The van der Waals surface area contributed by atoms with E-state index in [1.807, 2.05) is 6.07 Å². The third-order valence-electron chi connectivity index (χ3n) is 4.28. The molecular weight excluding hydrogens is 266 g/mol. The molecule has 21 heavy (non-hydrogen) atoms. The van der Waals surface area contributed by atoms with Gasteiger partial charge in [0.05, 0.1) is 12.7 Å². The van der Waals surface area contributed by atoms with Gasteiger partial charge in [0.15, 0.2) is 0 Å². The van der Waals surface area contributed by atoms with Crippen LogP contribution >= 0.6 is 0 Å². The smallest absolute Gasteiger partial charge is 0.338 e. The molecule has 1 aliphatic heterocycles. The number of piperidine rings is 1. The number of pyridine rings is 1. The summed E-state index contributed by atoms with van der Waals surface area (Å²) in [6, 6.07) is 4.67. The second kappa shape index (κ2) is 6.43. The number of nitrogens with one attached hydrogen (secondary N) is 1. The van der Waals surface area contributed by atoms with Gasteiger partial charge in [0.25, 0.3) is 0 Å². The number of hydrogen-bond acceptors (Lipinski definition) is 5. The zero-order chi connectivity index (χ0) is 14.7. The van der Waals surface area contributed by atoms with Crippen molar-refractivity contribution in [3.05, 3.63) is 23.9 Å². The monoisotopic (exact) mass is 289 g/mol. The Morgan fingerprint density at radius 1 is 1.43 bits per heavy atom. The lowest BCUT2D eigenvalue weighted by Gasteiger charge is -2.31. The van der Waals surface area contributed by atoms with Gasteiger partial charge in [-0.1, -0.05) is 6.42 Å². The third kappa shape index (κ3) is 3.53. The number of rotatable bonds is 5. The molecule has 1 aliphatic carbocycles. The number of nitrogens with zero attached hydrogens (tertiary/aromatic N) is 2. The molecule has 2 heterocycles. The molecule has 1 aromatic heterocycles. The second-order valence-electron chi connectivity index (χ2n) is 5.92. The lowest BCUT2D eigenvalue weighted by molar-refractivity contribution is 0.0600. The van der Waals surface area contributed by atoms with Gasteiger partial charge in [-0.05, 0) is 44.4 Å². The first-order valence-electron chi connectivity index (χ1n) is 7.82. The Kier molecular flexibility index (Phi) is 4.39. The highest BCUT2D eigenvalue weighted by Gasteiger charge is 2.32. The van der Waals surface area contributed by atoms with Crippen molar-refractivity contribution >= 4 is 11.8 Å². The largest absolute Gasteiger partial charge is 0.465 e. The molecular formula is C16H23N3O2. The average molecular weight is 289 g/mol. The lowest BCUT2D eigenvalue weighted by Crippen LogP contribution is -2.44. The number of esters is 1. The van der Waals surface area contributed by atoms with Crippen molar-refractivity contribution in [2.75, 3.05) is 25.1 Å². The van der Waals surface area contributed by atoms with Gasteiger partial charge in [-0.25, -0.2) is 9.78 Å². The summed E-state index contributed by atoms with van der Waals surface area (Å²) >= 11 is 0. The van der Waals surface area contributed by atoms with Gasteiger partial charge in [0.2, 0.25) is 0 Å². The number of hydrogen-bond donors (Lipinski definition) is 1. The number of anilines is 1. The summed E-state index contributed by atoms with van der Waals surface area (Å²) in [5.41, 5.74) is 0.574. The standard InChI is InChI=1S/C16H23N3O2/c1-21-16(20)12-7-9-18-15(10-12)19(14-5-6-14)11-13-4-2-3-8-17-13/h7,9-10,13-14,17H,2-6,8,11H2,1H3. The fraction of sp³-hybridized carbons (Fsp3) is 0.625. The van der Waals surface area contributed by atoms with E-state index >= 15 is 0 Å². The van der Waals surface area contributed by atoms with E-state index < -0.39 is 0 Å². The van der Waals surface area contributed by atoms with Crippen LogP contribution in [0.1, 0.15) is 42.5 Å². The van der Waals surface area contributed by atoms with Gasteiger partial charge in [0, 0.05) is 24.8 Å². The molecule has 2 fully saturated rings. The highest BCUT2D eigenvalue weighted by molar-refractivity contribution is 5.90. The number of ether oxygens (including phenoxy) is 1. The lowest BCUT2D eigenvalue weighted by atomic mass is 10.0. The van der Waals surface area contributed by atoms with E-state index in [0.29, 0.717) is 17.6 Å². The molecule has 1 unspecified atom stereocenters. The first-order valence-corrected chi connectivity index (χ1v) is 7.82. The normalized spacial score (nSPS) is 21.9. The molecule has 5 heteroatoms. The highest BCUT2D eigenvalue weighted by atomic mass is 16.5. The van der Waals surface area contributed by atoms with E-state index in [4.69, 9.17) is 4.74 Å². The maximum atomic E-state index is 11.7. The summed E-state index contributed by atoms with van der Waals surface area (Å²) in [6.45, 7) is 2.08. The zero-order valence-electron chi connectivity index (χ0n) is 12.5. The Morgan fingerprint density at radius 2 is 2.29 bits per heavy atom. The quantitative estimate of drug-likeness (QED) is 0.840. The summed E-state index contributed by atoms with van der Waals surface area (Å²) in [7, 11) is 1.41. The number of aromatic nitrogens is 1. The second-order valence-corrected chi connectivity index (χ2v) is 5.92. The minimum Gasteiger partial charge on any atom is -0.465 e. The summed E-state index contributed by atoms with van der Waals surface area (Å²) in [5.74, 6) is 0.595. The third-order valence-corrected chi connectivity index (χ3v) is 4.28. The van der Waals surface area contributed by atoms with Crippen LogP contribution in [-0.4, -0.2) is 43.2 Å². The Bertz CT molecular complexity index is 496. The predicted octanol–water partition coefficient (Wildman–Crippen LogP) is 1.98. The van der Waals surface area contributed by atoms with Crippen molar-refractivity contribution < 1.29 is 9.53 Å². The summed E-state index contributed by atoms with van der Waals surface area (Å²) < 4.78 is 4.80. The molecule has 1 saturated heterocycles. The van der Waals surface area contributed by atoms with Crippen LogP contribution in [0.4, 0.5) is 5.82 Å². The van der Waals surface area contributed by atoms with E-state index in [2.05, 4.69) is 15.2 Å². The molecule has 114 valence electrons. The zero-order valence-corrected chi connectivity index (χ0v) is 12.5. The van der Waals surface area contributed by atoms with E-state index in [9.17, 15) is 4.79 Å². The molecule has 0 bridgehead atoms. The topological polar surface area (TPSA) is 54.5 Å². The molecule has 1 atom stereocenters. The van der Waals surface area contributed by atoms with Gasteiger partial charge in [-0.3, -0.25) is 0 Å². The SMILES string of the molecule is COC(=O)c1ccnc(N(CC2CCCCN2)C2CC2)c1. The maximum Gasteiger partial charge on any atom is 0.338 e. The molecule has 0 radical (unpaired) electrons. The predicted molar refractivity (Wildman–Crippen MR) is 81.6 cm³/mol. The van der Waals surface area contributed by atoms with Crippen LogP contribution in [-0.2, 0) is 4.74 Å². The number of carbonyl (C=O) groups is 1. The van der Waals surface area contributed by atoms with Crippen LogP contribution < -0.4 is 10.2 Å². The van der Waals surface area contributed by atoms with Crippen LogP contribution in [0.25, 0.3) is 0 Å². The van der Waals surface area contributed by atoms with E-state index in [1.54, 1.807) is 12.3 Å². The molecule has 0 amide bonds. The van der Waals surface area contributed by atoms with Gasteiger partial charge >= 0.3 is 5.97 Å². The fourth-order valence-corrected chi connectivity index (χ4v) is 2.95.